The molecule has 0 aromatic heterocycles. The SMILES string of the molecule is Cc1cc(OC(C)(C)C(=O)O)cc(C)c1Cc1ccc(O)c(C(C)C)c1. The minimum atomic E-state index is -1.27. The standard InChI is InChI=1S/C22H28O4/c1-13(2)18-11-16(7-8-20(18)23)12-19-14(3)9-17(10-15(19)4)26-22(5,6)21(24)25/h7-11,13,23H,12H2,1-6H3,(H,24,25). The highest BCUT2D eigenvalue weighted by Crippen LogP contribution is 2.30. The van der Waals surface area contributed by atoms with Crippen molar-refractivity contribution in [2.24, 2.45) is 0 Å². The van der Waals surface area contributed by atoms with Crippen molar-refractivity contribution >= 4 is 5.97 Å². The average molecular weight is 356 g/mol. The highest BCUT2D eigenvalue weighted by Gasteiger charge is 2.29. The van der Waals surface area contributed by atoms with Gasteiger partial charge >= 0.3 is 5.97 Å². The molecular formula is C22H28O4. The quantitative estimate of drug-likeness (QED) is 0.767. The summed E-state index contributed by atoms with van der Waals surface area (Å²) < 4.78 is 5.66. The van der Waals surface area contributed by atoms with Gasteiger partial charge in [0.2, 0.25) is 0 Å². The van der Waals surface area contributed by atoms with Crippen molar-refractivity contribution < 1.29 is 19.7 Å². The number of hydrogen-bond donors (Lipinski definition) is 2. The zero-order valence-electron chi connectivity index (χ0n) is 16.4. The summed E-state index contributed by atoms with van der Waals surface area (Å²) in [7, 11) is 0. The highest BCUT2D eigenvalue weighted by molar-refractivity contribution is 5.76. The molecule has 26 heavy (non-hydrogen) atoms. The lowest BCUT2D eigenvalue weighted by Gasteiger charge is -2.23. The van der Waals surface area contributed by atoms with Gasteiger partial charge in [0.05, 0.1) is 0 Å². The Morgan fingerprint density at radius 2 is 1.69 bits per heavy atom. The number of ether oxygens (including phenoxy) is 1. The third-order valence-corrected chi connectivity index (χ3v) is 4.65. The van der Waals surface area contributed by atoms with Crippen molar-refractivity contribution in [3.63, 3.8) is 0 Å². The number of benzene rings is 2. The number of carbonyl (C=O) groups is 1. The van der Waals surface area contributed by atoms with Crippen molar-refractivity contribution in [1.29, 1.82) is 0 Å². The molecule has 0 atom stereocenters. The molecule has 0 aliphatic heterocycles. The summed E-state index contributed by atoms with van der Waals surface area (Å²) in [4.78, 5) is 11.3. The van der Waals surface area contributed by atoms with E-state index in [0.29, 0.717) is 11.5 Å². The van der Waals surface area contributed by atoms with Crippen LogP contribution < -0.4 is 4.74 Å². The van der Waals surface area contributed by atoms with Crippen LogP contribution in [0.3, 0.4) is 0 Å². The molecule has 0 unspecified atom stereocenters. The lowest BCUT2D eigenvalue weighted by Crippen LogP contribution is -2.37. The minimum absolute atomic E-state index is 0.256. The Hall–Kier alpha value is -2.49. The van der Waals surface area contributed by atoms with Gasteiger partial charge in [-0.05, 0) is 86.1 Å². The van der Waals surface area contributed by atoms with Crippen LogP contribution in [0, 0.1) is 13.8 Å². The third-order valence-electron chi connectivity index (χ3n) is 4.65. The summed E-state index contributed by atoms with van der Waals surface area (Å²) in [6.07, 6.45) is 0.750. The monoisotopic (exact) mass is 356 g/mol. The van der Waals surface area contributed by atoms with Crippen molar-refractivity contribution in [3.8, 4) is 11.5 Å². The summed E-state index contributed by atoms with van der Waals surface area (Å²) in [6, 6.07) is 9.52. The molecule has 2 aromatic carbocycles. The Bertz CT molecular complexity index is 796. The molecule has 0 fully saturated rings. The van der Waals surface area contributed by atoms with E-state index >= 15 is 0 Å². The molecule has 0 bridgehead atoms. The van der Waals surface area contributed by atoms with E-state index in [4.69, 9.17) is 4.74 Å². The Kier molecular flexibility index (Phi) is 5.65. The van der Waals surface area contributed by atoms with Gasteiger partial charge in [0, 0.05) is 0 Å². The van der Waals surface area contributed by atoms with E-state index in [2.05, 4.69) is 19.9 Å². The lowest BCUT2D eigenvalue weighted by molar-refractivity contribution is -0.152. The number of hydrogen-bond acceptors (Lipinski definition) is 3. The second-order valence-electron chi connectivity index (χ2n) is 7.68. The number of carboxylic acids is 1. The molecule has 0 amide bonds. The van der Waals surface area contributed by atoms with E-state index in [-0.39, 0.29) is 5.92 Å². The predicted octanol–water partition coefficient (Wildman–Crippen LogP) is 4.97. The van der Waals surface area contributed by atoms with Gasteiger partial charge in [-0.15, -0.1) is 0 Å². The number of aliphatic carboxylic acids is 1. The fourth-order valence-corrected chi connectivity index (χ4v) is 3.01. The smallest absolute Gasteiger partial charge is 0.347 e. The third kappa shape index (κ3) is 4.37. The summed E-state index contributed by atoms with van der Waals surface area (Å²) in [5.41, 5.74) is 4.11. The average Bonchev–Trinajstić information content (AvgIpc) is 2.51. The molecule has 0 radical (unpaired) electrons. The molecule has 0 aliphatic carbocycles. The Morgan fingerprint density at radius 1 is 1.12 bits per heavy atom. The molecule has 2 aromatic rings. The minimum Gasteiger partial charge on any atom is -0.508 e. The molecular weight excluding hydrogens is 328 g/mol. The fourth-order valence-electron chi connectivity index (χ4n) is 3.01. The van der Waals surface area contributed by atoms with E-state index < -0.39 is 11.6 Å². The van der Waals surface area contributed by atoms with Gasteiger partial charge in [-0.3, -0.25) is 0 Å². The number of carboxylic acid groups (broad SMARTS) is 1. The van der Waals surface area contributed by atoms with E-state index in [1.807, 2.05) is 32.0 Å². The van der Waals surface area contributed by atoms with Crippen LogP contribution in [0.15, 0.2) is 30.3 Å². The molecule has 2 N–H and O–H groups in total. The van der Waals surface area contributed by atoms with Crippen LogP contribution >= 0.6 is 0 Å². The van der Waals surface area contributed by atoms with E-state index in [9.17, 15) is 15.0 Å². The maximum Gasteiger partial charge on any atom is 0.347 e. The van der Waals surface area contributed by atoms with Crippen molar-refractivity contribution in [1.82, 2.24) is 0 Å². The normalized spacial score (nSPS) is 11.7. The zero-order chi connectivity index (χ0) is 19.6. The molecule has 0 heterocycles. The van der Waals surface area contributed by atoms with Crippen LogP contribution in [-0.2, 0) is 11.2 Å². The van der Waals surface area contributed by atoms with Gasteiger partial charge in [0.1, 0.15) is 11.5 Å². The number of aryl methyl sites for hydroxylation is 2. The first-order valence-corrected chi connectivity index (χ1v) is 8.85. The predicted molar refractivity (Wildman–Crippen MR) is 103 cm³/mol. The Morgan fingerprint density at radius 3 is 2.19 bits per heavy atom. The summed E-state index contributed by atoms with van der Waals surface area (Å²) >= 11 is 0. The largest absolute Gasteiger partial charge is 0.508 e. The molecule has 140 valence electrons. The fraction of sp³-hybridized carbons (Fsp3) is 0.409. The Labute approximate surface area is 155 Å². The van der Waals surface area contributed by atoms with E-state index in [0.717, 1.165) is 28.7 Å². The maximum absolute atomic E-state index is 11.3. The first-order valence-electron chi connectivity index (χ1n) is 8.85. The van der Waals surface area contributed by atoms with Crippen LogP contribution in [0.1, 0.15) is 61.4 Å². The molecule has 4 nitrogen and oxygen atoms in total. The first kappa shape index (κ1) is 19.8. The number of rotatable bonds is 6. The van der Waals surface area contributed by atoms with Crippen molar-refractivity contribution in [2.75, 3.05) is 0 Å². The second-order valence-corrected chi connectivity index (χ2v) is 7.68. The second kappa shape index (κ2) is 7.40. The molecule has 4 heteroatoms. The van der Waals surface area contributed by atoms with Gasteiger partial charge in [0.15, 0.2) is 5.60 Å². The topological polar surface area (TPSA) is 66.8 Å². The van der Waals surface area contributed by atoms with E-state index in [1.165, 1.54) is 19.4 Å². The van der Waals surface area contributed by atoms with Crippen molar-refractivity contribution in [3.05, 3.63) is 58.1 Å². The highest BCUT2D eigenvalue weighted by atomic mass is 16.5. The molecule has 0 saturated carbocycles. The molecule has 0 saturated heterocycles. The van der Waals surface area contributed by atoms with Gasteiger partial charge in [-0.2, -0.15) is 0 Å². The zero-order valence-corrected chi connectivity index (χ0v) is 16.4. The molecule has 0 spiro atoms. The van der Waals surface area contributed by atoms with Crippen LogP contribution in [0.2, 0.25) is 0 Å². The number of aromatic hydroxyl groups is 1. The Balaban J connectivity index is 2.32. The number of phenolic OH excluding ortho intramolecular Hbond substituents is 1. The van der Waals surface area contributed by atoms with Gasteiger partial charge < -0.3 is 14.9 Å². The summed E-state index contributed by atoms with van der Waals surface area (Å²) in [5.74, 6) is 0.148. The first-order chi connectivity index (χ1) is 12.0. The van der Waals surface area contributed by atoms with Gasteiger partial charge in [0.25, 0.3) is 0 Å². The number of phenols is 1. The van der Waals surface area contributed by atoms with Crippen LogP contribution in [0.25, 0.3) is 0 Å². The molecule has 2 rings (SSSR count). The van der Waals surface area contributed by atoms with Gasteiger partial charge in [-0.1, -0.05) is 26.0 Å². The van der Waals surface area contributed by atoms with Crippen molar-refractivity contribution in [2.45, 2.75) is 59.5 Å². The lowest BCUT2D eigenvalue weighted by atomic mass is 9.93. The van der Waals surface area contributed by atoms with Gasteiger partial charge in [-0.25, -0.2) is 4.79 Å². The summed E-state index contributed by atoms with van der Waals surface area (Å²) in [5, 5.41) is 19.2. The van der Waals surface area contributed by atoms with Crippen LogP contribution in [-0.4, -0.2) is 21.8 Å². The maximum atomic E-state index is 11.3. The van der Waals surface area contributed by atoms with E-state index in [1.54, 1.807) is 6.07 Å². The van der Waals surface area contributed by atoms with Crippen LogP contribution in [0.4, 0.5) is 0 Å². The summed E-state index contributed by atoms with van der Waals surface area (Å²) in [6.45, 7) is 11.2. The van der Waals surface area contributed by atoms with Crippen LogP contribution in [0.5, 0.6) is 11.5 Å². The molecule has 0 aliphatic rings.